The minimum atomic E-state index is -3.78. The molecule has 1 aliphatic heterocycles. The molecule has 1 N–H and O–H groups in total. The number of hydrogen-bond acceptors (Lipinski definition) is 5. The molecule has 7 nitrogen and oxygen atoms in total. The molecule has 2 aromatic carbocycles. The maximum absolute atomic E-state index is 12.7. The molecule has 0 aliphatic carbocycles. The van der Waals surface area contributed by atoms with Crippen LogP contribution in [-0.4, -0.2) is 70.3 Å². The minimum absolute atomic E-state index is 0.0926. The Morgan fingerprint density at radius 1 is 1.07 bits per heavy atom. The molecule has 0 atom stereocenters. The first kappa shape index (κ1) is 21.6. The Morgan fingerprint density at radius 3 is 2.34 bits per heavy atom. The number of para-hydroxylation sites is 2. The van der Waals surface area contributed by atoms with E-state index in [9.17, 15) is 13.2 Å². The molecule has 1 amide bonds. The Labute approximate surface area is 176 Å². The number of sulfonamides is 1. The SMILES string of the molecule is CN1CCN(c2ccccc2NC(=O)CN(C)S(=O)(=O)c2ccc(Cl)cc2)CC1. The van der Waals surface area contributed by atoms with E-state index in [0.29, 0.717) is 10.7 Å². The van der Waals surface area contributed by atoms with Crippen LogP contribution in [0.5, 0.6) is 0 Å². The fourth-order valence-electron chi connectivity index (χ4n) is 3.17. The van der Waals surface area contributed by atoms with Crippen LogP contribution >= 0.6 is 11.6 Å². The van der Waals surface area contributed by atoms with Crippen molar-refractivity contribution in [1.82, 2.24) is 9.21 Å². The zero-order valence-corrected chi connectivity index (χ0v) is 18.1. The van der Waals surface area contributed by atoms with E-state index in [4.69, 9.17) is 11.6 Å². The third-order valence-electron chi connectivity index (χ3n) is 4.91. The van der Waals surface area contributed by atoms with Gasteiger partial charge in [0.1, 0.15) is 0 Å². The van der Waals surface area contributed by atoms with Gasteiger partial charge in [-0.25, -0.2) is 8.42 Å². The van der Waals surface area contributed by atoms with Crippen LogP contribution < -0.4 is 10.2 Å². The van der Waals surface area contributed by atoms with Gasteiger partial charge in [-0.1, -0.05) is 23.7 Å². The van der Waals surface area contributed by atoms with E-state index in [2.05, 4.69) is 22.2 Å². The molecule has 0 radical (unpaired) electrons. The Bertz CT molecular complexity index is 958. The Kier molecular flexibility index (Phi) is 6.79. The molecule has 29 heavy (non-hydrogen) atoms. The van der Waals surface area contributed by atoms with Gasteiger partial charge in [0.05, 0.1) is 22.8 Å². The number of anilines is 2. The molecule has 3 rings (SSSR count). The summed E-state index contributed by atoms with van der Waals surface area (Å²) < 4.78 is 26.4. The van der Waals surface area contributed by atoms with Crippen LogP contribution in [0.4, 0.5) is 11.4 Å². The number of nitrogens with zero attached hydrogens (tertiary/aromatic N) is 3. The van der Waals surface area contributed by atoms with Gasteiger partial charge in [0.25, 0.3) is 0 Å². The van der Waals surface area contributed by atoms with E-state index < -0.39 is 15.9 Å². The number of benzene rings is 2. The first-order valence-corrected chi connectivity index (χ1v) is 11.1. The van der Waals surface area contributed by atoms with Crippen LogP contribution in [0.25, 0.3) is 0 Å². The molecular formula is C20H25ClN4O3S. The summed E-state index contributed by atoms with van der Waals surface area (Å²) in [7, 11) is -0.312. The average Bonchev–Trinajstić information content (AvgIpc) is 2.69. The highest BCUT2D eigenvalue weighted by Gasteiger charge is 2.24. The summed E-state index contributed by atoms with van der Waals surface area (Å²) in [4.78, 5) is 17.2. The summed E-state index contributed by atoms with van der Waals surface area (Å²) in [6.07, 6.45) is 0. The van der Waals surface area contributed by atoms with Gasteiger partial charge >= 0.3 is 0 Å². The zero-order valence-electron chi connectivity index (χ0n) is 16.5. The zero-order chi connectivity index (χ0) is 21.0. The maximum atomic E-state index is 12.7. The van der Waals surface area contributed by atoms with Crippen LogP contribution in [0.15, 0.2) is 53.4 Å². The molecule has 1 fully saturated rings. The van der Waals surface area contributed by atoms with Crippen LogP contribution in [0.1, 0.15) is 0 Å². The quantitative estimate of drug-likeness (QED) is 0.752. The molecule has 0 unspecified atom stereocenters. The standard InChI is InChI=1S/C20H25ClN4O3S/c1-23-11-13-25(14-12-23)19-6-4-3-5-18(19)22-20(26)15-24(2)29(27,28)17-9-7-16(21)8-10-17/h3-10H,11-15H2,1-2H3,(H,22,26). The second-order valence-electron chi connectivity index (χ2n) is 7.07. The van der Waals surface area contributed by atoms with Crippen LogP contribution in [0, 0.1) is 0 Å². The van der Waals surface area contributed by atoms with E-state index in [0.717, 1.165) is 36.2 Å². The fraction of sp³-hybridized carbons (Fsp3) is 0.350. The van der Waals surface area contributed by atoms with E-state index in [-0.39, 0.29) is 11.4 Å². The number of rotatable bonds is 6. The highest BCUT2D eigenvalue weighted by Crippen LogP contribution is 2.26. The molecule has 1 heterocycles. The van der Waals surface area contributed by atoms with Gasteiger partial charge in [0.15, 0.2) is 0 Å². The van der Waals surface area contributed by atoms with Gasteiger partial charge in [0.2, 0.25) is 15.9 Å². The second kappa shape index (κ2) is 9.13. The molecule has 1 saturated heterocycles. The number of carbonyl (C=O) groups is 1. The van der Waals surface area contributed by atoms with Crippen molar-refractivity contribution in [2.24, 2.45) is 0 Å². The maximum Gasteiger partial charge on any atom is 0.243 e. The third kappa shape index (κ3) is 5.27. The number of nitrogens with one attached hydrogen (secondary N) is 1. The van der Waals surface area contributed by atoms with Crippen LogP contribution in [0.2, 0.25) is 5.02 Å². The van der Waals surface area contributed by atoms with Crippen LogP contribution in [0.3, 0.4) is 0 Å². The topological polar surface area (TPSA) is 73.0 Å². The average molecular weight is 437 g/mol. The summed E-state index contributed by atoms with van der Waals surface area (Å²) in [5.41, 5.74) is 1.62. The molecule has 1 aliphatic rings. The summed E-state index contributed by atoms with van der Waals surface area (Å²) in [5.74, 6) is -0.397. The highest BCUT2D eigenvalue weighted by molar-refractivity contribution is 7.89. The molecule has 0 saturated carbocycles. The molecule has 9 heteroatoms. The van der Waals surface area contributed by atoms with Gasteiger partial charge in [-0.2, -0.15) is 4.31 Å². The van der Waals surface area contributed by atoms with E-state index >= 15 is 0 Å². The summed E-state index contributed by atoms with van der Waals surface area (Å²) in [6.45, 7) is 3.35. The molecule has 156 valence electrons. The molecule has 0 aromatic heterocycles. The fourth-order valence-corrected chi connectivity index (χ4v) is 4.42. The Balaban J connectivity index is 1.69. The lowest BCUT2D eigenvalue weighted by molar-refractivity contribution is -0.116. The predicted molar refractivity (Wildman–Crippen MR) is 116 cm³/mol. The lowest BCUT2D eigenvalue weighted by Crippen LogP contribution is -2.44. The summed E-state index contributed by atoms with van der Waals surface area (Å²) in [6, 6.07) is 13.4. The lowest BCUT2D eigenvalue weighted by Gasteiger charge is -2.35. The van der Waals surface area contributed by atoms with E-state index in [1.807, 2.05) is 24.3 Å². The monoisotopic (exact) mass is 436 g/mol. The van der Waals surface area contributed by atoms with Crippen molar-refractivity contribution in [1.29, 1.82) is 0 Å². The van der Waals surface area contributed by atoms with Crippen molar-refractivity contribution in [3.63, 3.8) is 0 Å². The third-order valence-corrected chi connectivity index (χ3v) is 6.98. The minimum Gasteiger partial charge on any atom is -0.367 e. The number of amides is 1. The van der Waals surface area contributed by atoms with Crippen molar-refractivity contribution in [2.75, 3.05) is 57.0 Å². The number of piperazine rings is 1. The number of carbonyl (C=O) groups excluding carboxylic acids is 1. The van der Waals surface area contributed by atoms with Gasteiger partial charge in [-0.3, -0.25) is 4.79 Å². The van der Waals surface area contributed by atoms with Crippen molar-refractivity contribution >= 4 is 38.9 Å². The number of halogens is 1. The summed E-state index contributed by atoms with van der Waals surface area (Å²) in [5, 5.41) is 3.31. The molecule has 0 bridgehead atoms. The van der Waals surface area contributed by atoms with Crippen molar-refractivity contribution < 1.29 is 13.2 Å². The van der Waals surface area contributed by atoms with Crippen molar-refractivity contribution in [3.05, 3.63) is 53.6 Å². The Hall–Kier alpha value is -2.13. The van der Waals surface area contributed by atoms with Crippen molar-refractivity contribution in [2.45, 2.75) is 4.90 Å². The van der Waals surface area contributed by atoms with Gasteiger partial charge in [-0.05, 0) is 43.4 Å². The lowest BCUT2D eigenvalue weighted by atomic mass is 10.2. The first-order chi connectivity index (χ1) is 13.8. The molecular weight excluding hydrogens is 412 g/mol. The number of likely N-dealkylation sites (N-methyl/N-ethyl adjacent to an activating group) is 2. The number of hydrogen-bond donors (Lipinski definition) is 1. The van der Waals surface area contributed by atoms with Gasteiger partial charge < -0.3 is 15.1 Å². The smallest absolute Gasteiger partial charge is 0.243 e. The van der Waals surface area contributed by atoms with Gasteiger partial charge in [-0.15, -0.1) is 0 Å². The van der Waals surface area contributed by atoms with E-state index in [1.54, 1.807) is 0 Å². The van der Waals surface area contributed by atoms with Gasteiger partial charge in [0, 0.05) is 38.2 Å². The normalized spacial score (nSPS) is 15.5. The summed E-state index contributed by atoms with van der Waals surface area (Å²) >= 11 is 5.82. The second-order valence-corrected chi connectivity index (χ2v) is 9.55. The van der Waals surface area contributed by atoms with Crippen molar-refractivity contribution in [3.8, 4) is 0 Å². The Morgan fingerprint density at radius 2 is 1.69 bits per heavy atom. The molecule has 0 spiro atoms. The first-order valence-electron chi connectivity index (χ1n) is 9.31. The molecule has 2 aromatic rings. The highest BCUT2D eigenvalue weighted by atomic mass is 35.5. The predicted octanol–water partition coefficient (Wildman–Crippen LogP) is 2.35. The van der Waals surface area contributed by atoms with Crippen LogP contribution in [-0.2, 0) is 14.8 Å². The van der Waals surface area contributed by atoms with E-state index in [1.165, 1.54) is 31.3 Å². The largest absolute Gasteiger partial charge is 0.367 e.